The molecule has 0 fully saturated rings. The average molecular weight is 235 g/mol. The van der Waals surface area contributed by atoms with E-state index in [0.717, 1.165) is 18.5 Å². The third-order valence-corrected chi connectivity index (χ3v) is 2.46. The van der Waals surface area contributed by atoms with Crippen molar-refractivity contribution in [3.63, 3.8) is 0 Å². The first kappa shape index (κ1) is 11.8. The fourth-order valence-corrected chi connectivity index (χ4v) is 1.67. The van der Waals surface area contributed by atoms with Crippen LogP contribution >= 0.6 is 0 Å². The van der Waals surface area contributed by atoms with Gasteiger partial charge in [-0.25, -0.2) is 0 Å². The van der Waals surface area contributed by atoms with Crippen LogP contribution in [0.2, 0.25) is 0 Å². The van der Waals surface area contributed by atoms with Crippen LogP contribution in [-0.2, 0) is 13.5 Å². The van der Waals surface area contributed by atoms with E-state index in [4.69, 9.17) is 4.52 Å². The second-order valence-electron chi connectivity index (χ2n) is 4.08. The van der Waals surface area contributed by atoms with Gasteiger partial charge in [-0.05, 0) is 13.5 Å². The molecule has 0 aromatic carbocycles. The van der Waals surface area contributed by atoms with E-state index in [-0.39, 0.29) is 0 Å². The van der Waals surface area contributed by atoms with Crippen molar-refractivity contribution < 1.29 is 4.52 Å². The molecule has 0 spiro atoms. The molecule has 2 heterocycles. The van der Waals surface area contributed by atoms with Gasteiger partial charge >= 0.3 is 0 Å². The minimum Gasteiger partial charge on any atom is -0.339 e. The van der Waals surface area contributed by atoms with Crippen LogP contribution in [0.1, 0.15) is 19.7 Å². The van der Waals surface area contributed by atoms with Gasteiger partial charge in [0, 0.05) is 25.7 Å². The van der Waals surface area contributed by atoms with Gasteiger partial charge in [0.2, 0.25) is 11.7 Å². The molecular weight excluding hydrogens is 218 g/mol. The second kappa shape index (κ2) is 5.09. The Kier molecular flexibility index (Phi) is 3.53. The van der Waals surface area contributed by atoms with Crippen molar-refractivity contribution in [2.45, 2.75) is 26.3 Å². The summed E-state index contributed by atoms with van der Waals surface area (Å²) in [5.74, 6) is 1.24. The minimum atomic E-state index is 0.335. The van der Waals surface area contributed by atoms with Crippen molar-refractivity contribution in [3.8, 4) is 11.4 Å². The van der Waals surface area contributed by atoms with Crippen molar-refractivity contribution in [3.05, 3.63) is 18.3 Å². The highest BCUT2D eigenvalue weighted by molar-refractivity contribution is 5.50. The summed E-state index contributed by atoms with van der Waals surface area (Å²) in [6.45, 7) is 5.10. The normalized spacial score (nSPS) is 12.9. The number of rotatable bonds is 5. The van der Waals surface area contributed by atoms with Crippen LogP contribution in [-0.4, -0.2) is 32.5 Å². The Morgan fingerprint density at radius 2 is 2.35 bits per heavy atom. The van der Waals surface area contributed by atoms with E-state index in [1.807, 2.05) is 13.2 Å². The maximum absolute atomic E-state index is 5.21. The van der Waals surface area contributed by atoms with Gasteiger partial charge < -0.3 is 9.84 Å². The van der Waals surface area contributed by atoms with Gasteiger partial charge in [-0.15, -0.1) is 0 Å². The van der Waals surface area contributed by atoms with Crippen LogP contribution < -0.4 is 5.32 Å². The van der Waals surface area contributed by atoms with Gasteiger partial charge in [-0.1, -0.05) is 12.1 Å². The van der Waals surface area contributed by atoms with Gasteiger partial charge in [0.25, 0.3) is 0 Å². The summed E-state index contributed by atoms with van der Waals surface area (Å²) in [7, 11) is 1.86. The number of aromatic nitrogens is 4. The third kappa shape index (κ3) is 2.91. The zero-order valence-corrected chi connectivity index (χ0v) is 10.3. The first-order valence-corrected chi connectivity index (χ1v) is 5.74. The van der Waals surface area contributed by atoms with E-state index in [9.17, 15) is 0 Å². The van der Waals surface area contributed by atoms with Crippen LogP contribution in [0.3, 0.4) is 0 Å². The third-order valence-electron chi connectivity index (χ3n) is 2.46. The number of hydrogen-bond donors (Lipinski definition) is 1. The molecule has 0 bridgehead atoms. The lowest BCUT2D eigenvalue weighted by Gasteiger charge is -2.07. The summed E-state index contributed by atoms with van der Waals surface area (Å²) >= 11 is 0. The first-order chi connectivity index (χ1) is 8.19. The molecule has 17 heavy (non-hydrogen) atoms. The standard InChI is InChI=1S/C11H17N5O/c1-4-12-8(2)5-10-14-11(15-17-10)9-6-13-16(3)7-9/h6-8,12H,4-5H2,1-3H3. The lowest BCUT2D eigenvalue weighted by molar-refractivity contribution is 0.363. The van der Waals surface area contributed by atoms with E-state index in [1.165, 1.54) is 0 Å². The Morgan fingerprint density at radius 3 is 3.00 bits per heavy atom. The SMILES string of the molecule is CCNC(C)Cc1nc(-c2cnn(C)c2)no1. The molecule has 6 nitrogen and oxygen atoms in total. The Balaban J connectivity index is 2.05. The first-order valence-electron chi connectivity index (χ1n) is 5.74. The maximum Gasteiger partial charge on any atom is 0.228 e. The summed E-state index contributed by atoms with van der Waals surface area (Å²) in [4.78, 5) is 4.34. The van der Waals surface area contributed by atoms with Gasteiger partial charge in [-0.3, -0.25) is 4.68 Å². The molecule has 1 atom stereocenters. The predicted molar refractivity (Wildman–Crippen MR) is 63.3 cm³/mol. The quantitative estimate of drug-likeness (QED) is 0.837. The predicted octanol–water partition coefficient (Wildman–Crippen LogP) is 1.01. The number of aryl methyl sites for hydroxylation is 1. The fraction of sp³-hybridized carbons (Fsp3) is 0.545. The molecule has 2 aromatic rings. The van der Waals surface area contributed by atoms with Gasteiger partial charge in [-0.2, -0.15) is 10.1 Å². The lowest BCUT2D eigenvalue weighted by Crippen LogP contribution is -2.27. The molecule has 0 aliphatic heterocycles. The largest absolute Gasteiger partial charge is 0.339 e. The van der Waals surface area contributed by atoms with Gasteiger partial charge in [0.05, 0.1) is 11.8 Å². The monoisotopic (exact) mass is 235 g/mol. The topological polar surface area (TPSA) is 68.8 Å². The van der Waals surface area contributed by atoms with Crippen molar-refractivity contribution in [2.24, 2.45) is 7.05 Å². The van der Waals surface area contributed by atoms with Crippen LogP contribution in [0.4, 0.5) is 0 Å². The highest BCUT2D eigenvalue weighted by Gasteiger charge is 2.12. The number of hydrogen-bond acceptors (Lipinski definition) is 5. The Bertz CT molecular complexity index is 476. The zero-order valence-electron chi connectivity index (χ0n) is 10.3. The van der Waals surface area contributed by atoms with Crippen molar-refractivity contribution in [1.82, 2.24) is 25.2 Å². The summed E-state index contributed by atoms with van der Waals surface area (Å²) in [6, 6.07) is 0.335. The molecule has 0 radical (unpaired) electrons. The molecule has 2 aromatic heterocycles. The van der Waals surface area contributed by atoms with Crippen molar-refractivity contribution >= 4 is 0 Å². The van der Waals surface area contributed by atoms with Crippen molar-refractivity contribution in [1.29, 1.82) is 0 Å². The minimum absolute atomic E-state index is 0.335. The molecule has 0 aliphatic rings. The van der Waals surface area contributed by atoms with E-state index in [0.29, 0.717) is 17.8 Å². The highest BCUT2D eigenvalue weighted by atomic mass is 16.5. The van der Waals surface area contributed by atoms with Crippen LogP contribution in [0.15, 0.2) is 16.9 Å². The summed E-state index contributed by atoms with van der Waals surface area (Å²) in [6.07, 6.45) is 4.33. The number of likely N-dealkylation sites (N-methyl/N-ethyl adjacent to an activating group) is 1. The molecular formula is C11H17N5O. The van der Waals surface area contributed by atoms with Crippen molar-refractivity contribution in [2.75, 3.05) is 6.54 Å². The Hall–Kier alpha value is -1.69. The van der Waals surface area contributed by atoms with E-state index < -0.39 is 0 Å². The Labute approximate surface area is 100 Å². The average Bonchev–Trinajstić information content (AvgIpc) is 2.87. The van der Waals surface area contributed by atoms with Crippen LogP contribution in [0.5, 0.6) is 0 Å². The molecule has 1 N–H and O–H groups in total. The van der Waals surface area contributed by atoms with E-state index in [1.54, 1.807) is 10.9 Å². The van der Waals surface area contributed by atoms with Gasteiger partial charge in [0.1, 0.15) is 0 Å². The molecule has 0 saturated heterocycles. The van der Waals surface area contributed by atoms with E-state index >= 15 is 0 Å². The molecule has 2 rings (SSSR count). The highest BCUT2D eigenvalue weighted by Crippen LogP contribution is 2.14. The molecule has 1 unspecified atom stereocenters. The van der Waals surface area contributed by atoms with Crippen LogP contribution in [0, 0.1) is 0 Å². The Morgan fingerprint density at radius 1 is 1.53 bits per heavy atom. The molecule has 0 amide bonds. The number of nitrogens with one attached hydrogen (secondary N) is 1. The molecule has 0 aliphatic carbocycles. The van der Waals surface area contributed by atoms with Gasteiger partial charge in [0.15, 0.2) is 0 Å². The van der Waals surface area contributed by atoms with E-state index in [2.05, 4.69) is 34.4 Å². The fourth-order valence-electron chi connectivity index (χ4n) is 1.67. The maximum atomic E-state index is 5.21. The van der Waals surface area contributed by atoms with Crippen LogP contribution in [0.25, 0.3) is 11.4 Å². The summed E-state index contributed by atoms with van der Waals surface area (Å²) in [5, 5.41) is 11.3. The zero-order chi connectivity index (χ0) is 12.3. The second-order valence-corrected chi connectivity index (χ2v) is 4.08. The lowest BCUT2D eigenvalue weighted by atomic mass is 10.2. The number of nitrogens with zero attached hydrogens (tertiary/aromatic N) is 4. The summed E-state index contributed by atoms with van der Waals surface area (Å²) in [5.41, 5.74) is 0.874. The molecule has 92 valence electrons. The smallest absolute Gasteiger partial charge is 0.228 e. The molecule has 6 heteroatoms. The molecule has 0 saturated carbocycles. The summed E-state index contributed by atoms with van der Waals surface area (Å²) < 4.78 is 6.92.